The lowest BCUT2D eigenvalue weighted by atomic mass is 10.2. The quantitative estimate of drug-likeness (QED) is 0.691. The third kappa shape index (κ3) is 3.22. The van der Waals surface area contributed by atoms with Crippen LogP contribution in [0, 0.1) is 5.82 Å². The lowest BCUT2D eigenvalue weighted by molar-refractivity contribution is 0.204. The zero-order chi connectivity index (χ0) is 10.4. The molecule has 0 saturated carbocycles. The summed E-state index contributed by atoms with van der Waals surface area (Å²) in [6, 6.07) is 0. The summed E-state index contributed by atoms with van der Waals surface area (Å²) in [5, 5.41) is 0. The highest BCUT2D eigenvalue weighted by molar-refractivity contribution is 5.56. The Bertz CT molecular complexity index is 308. The van der Waals surface area contributed by atoms with Crippen LogP contribution in [0.3, 0.4) is 0 Å². The molecule has 1 heterocycles. The van der Waals surface area contributed by atoms with E-state index in [-0.39, 0.29) is 0 Å². The monoisotopic (exact) mass is 196 g/mol. The van der Waals surface area contributed by atoms with Gasteiger partial charge in [-0.05, 0) is 18.9 Å². The molecule has 0 aliphatic heterocycles. The van der Waals surface area contributed by atoms with Crippen molar-refractivity contribution in [3.63, 3.8) is 0 Å². The van der Waals surface area contributed by atoms with Gasteiger partial charge in [0.1, 0.15) is 0 Å². The molecule has 0 saturated heterocycles. The SMILES string of the molecule is COCC/C=C(\C)c1ncc(F)cn1. The number of aromatic nitrogens is 2. The van der Waals surface area contributed by atoms with Gasteiger partial charge in [-0.2, -0.15) is 0 Å². The molecule has 76 valence electrons. The van der Waals surface area contributed by atoms with E-state index < -0.39 is 5.82 Å². The molecular weight excluding hydrogens is 183 g/mol. The maximum Gasteiger partial charge on any atom is 0.159 e. The number of nitrogens with zero attached hydrogens (tertiary/aromatic N) is 2. The van der Waals surface area contributed by atoms with Crippen LogP contribution >= 0.6 is 0 Å². The van der Waals surface area contributed by atoms with Crippen LogP contribution in [0.2, 0.25) is 0 Å². The van der Waals surface area contributed by atoms with Gasteiger partial charge in [0.25, 0.3) is 0 Å². The summed E-state index contributed by atoms with van der Waals surface area (Å²) in [5.41, 5.74) is 0.932. The van der Waals surface area contributed by atoms with Gasteiger partial charge in [-0.3, -0.25) is 0 Å². The van der Waals surface area contributed by atoms with Crippen LogP contribution in [0.5, 0.6) is 0 Å². The van der Waals surface area contributed by atoms with Crippen LogP contribution in [0.4, 0.5) is 4.39 Å². The highest BCUT2D eigenvalue weighted by Gasteiger charge is 1.98. The lowest BCUT2D eigenvalue weighted by Crippen LogP contribution is -1.93. The van der Waals surface area contributed by atoms with Crippen LogP contribution in [-0.4, -0.2) is 23.7 Å². The van der Waals surface area contributed by atoms with E-state index in [9.17, 15) is 4.39 Å². The number of methoxy groups -OCH3 is 1. The second-order valence-electron chi connectivity index (χ2n) is 2.89. The smallest absolute Gasteiger partial charge is 0.159 e. The maximum atomic E-state index is 12.5. The van der Waals surface area contributed by atoms with Gasteiger partial charge in [0, 0.05) is 13.7 Å². The fourth-order valence-electron chi connectivity index (χ4n) is 1.00. The van der Waals surface area contributed by atoms with Crippen LogP contribution in [0.15, 0.2) is 18.5 Å². The average Bonchev–Trinajstić information content (AvgIpc) is 2.19. The molecule has 0 aromatic carbocycles. The highest BCUT2D eigenvalue weighted by atomic mass is 19.1. The van der Waals surface area contributed by atoms with Crippen molar-refractivity contribution in [2.24, 2.45) is 0 Å². The molecule has 1 aromatic heterocycles. The number of ether oxygens (including phenoxy) is 1. The Morgan fingerprint density at radius 1 is 1.50 bits per heavy atom. The van der Waals surface area contributed by atoms with Crippen molar-refractivity contribution >= 4 is 5.57 Å². The van der Waals surface area contributed by atoms with Crippen molar-refractivity contribution in [1.82, 2.24) is 9.97 Å². The Labute approximate surface area is 82.6 Å². The molecule has 0 radical (unpaired) electrons. The van der Waals surface area contributed by atoms with E-state index in [2.05, 4.69) is 9.97 Å². The van der Waals surface area contributed by atoms with Gasteiger partial charge in [0.05, 0.1) is 12.4 Å². The molecule has 0 spiro atoms. The second-order valence-corrected chi connectivity index (χ2v) is 2.89. The summed E-state index contributed by atoms with van der Waals surface area (Å²) in [6.07, 6.45) is 5.10. The molecule has 1 rings (SSSR count). The summed E-state index contributed by atoms with van der Waals surface area (Å²) in [4.78, 5) is 7.72. The molecule has 0 atom stereocenters. The molecular formula is C10H13FN2O. The summed E-state index contributed by atoms with van der Waals surface area (Å²) < 4.78 is 17.4. The number of hydrogen-bond acceptors (Lipinski definition) is 3. The van der Waals surface area contributed by atoms with Crippen LogP contribution in [-0.2, 0) is 4.74 Å². The molecule has 0 bridgehead atoms. The minimum Gasteiger partial charge on any atom is -0.384 e. The van der Waals surface area contributed by atoms with E-state index in [1.807, 2.05) is 13.0 Å². The minimum absolute atomic E-state index is 0.418. The van der Waals surface area contributed by atoms with E-state index in [1.54, 1.807) is 7.11 Å². The van der Waals surface area contributed by atoms with Gasteiger partial charge in [0.15, 0.2) is 11.6 Å². The van der Waals surface area contributed by atoms with Crippen LogP contribution in [0.1, 0.15) is 19.2 Å². The van der Waals surface area contributed by atoms with E-state index in [4.69, 9.17) is 4.74 Å². The van der Waals surface area contributed by atoms with Crippen molar-refractivity contribution in [3.8, 4) is 0 Å². The predicted molar refractivity (Wildman–Crippen MR) is 52.1 cm³/mol. The van der Waals surface area contributed by atoms with Crippen LogP contribution in [0.25, 0.3) is 5.57 Å². The van der Waals surface area contributed by atoms with Gasteiger partial charge in [-0.25, -0.2) is 14.4 Å². The third-order valence-corrected chi connectivity index (χ3v) is 1.75. The van der Waals surface area contributed by atoms with Crippen molar-refractivity contribution in [2.75, 3.05) is 13.7 Å². The van der Waals surface area contributed by atoms with E-state index in [0.29, 0.717) is 12.4 Å². The van der Waals surface area contributed by atoms with Crippen molar-refractivity contribution in [2.45, 2.75) is 13.3 Å². The highest BCUT2D eigenvalue weighted by Crippen LogP contribution is 2.08. The Balaban J connectivity index is 2.64. The first-order valence-corrected chi connectivity index (χ1v) is 4.37. The van der Waals surface area contributed by atoms with Crippen LogP contribution < -0.4 is 0 Å². The molecule has 1 aromatic rings. The largest absolute Gasteiger partial charge is 0.384 e. The van der Waals surface area contributed by atoms with E-state index in [0.717, 1.165) is 24.4 Å². The first-order chi connectivity index (χ1) is 6.74. The molecule has 0 aliphatic rings. The van der Waals surface area contributed by atoms with Crippen molar-refractivity contribution in [3.05, 3.63) is 30.1 Å². The normalized spacial score (nSPS) is 11.8. The molecule has 0 amide bonds. The van der Waals surface area contributed by atoms with Gasteiger partial charge in [-0.15, -0.1) is 0 Å². The number of halogens is 1. The van der Waals surface area contributed by atoms with Crippen molar-refractivity contribution < 1.29 is 9.13 Å². The Morgan fingerprint density at radius 2 is 2.14 bits per heavy atom. The topological polar surface area (TPSA) is 35.0 Å². The molecule has 14 heavy (non-hydrogen) atoms. The third-order valence-electron chi connectivity index (χ3n) is 1.75. The zero-order valence-electron chi connectivity index (χ0n) is 8.33. The minimum atomic E-state index is -0.418. The molecule has 0 fully saturated rings. The number of hydrogen-bond donors (Lipinski definition) is 0. The Morgan fingerprint density at radius 3 is 2.71 bits per heavy atom. The lowest BCUT2D eigenvalue weighted by Gasteiger charge is -1.99. The van der Waals surface area contributed by atoms with E-state index >= 15 is 0 Å². The standard InChI is InChI=1S/C10H13FN2O/c1-8(4-3-5-14-2)10-12-6-9(11)7-13-10/h4,6-7H,3,5H2,1-2H3/b8-4+. The molecule has 0 aliphatic carbocycles. The van der Waals surface area contributed by atoms with Gasteiger partial charge in [0.2, 0.25) is 0 Å². The number of allylic oxidation sites excluding steroid dienone is 1. The molecule has 3 nitrogen and oxygen atoms in total. The fourth-order valence-corrected chi connectivity index (χ4v) is 1.00. The summed E-state index contributed by atoms with van der Waals surface area (Å²) in [5.74, 6) is 0.140. The van der Waals surface area contributed by atoms with Gasteiger partial charge < -0.3 is 4.74 Å². The van der Waals surface area contributed by atoms with Crippen molar-refractivity contribution in [1.29, 1.82) is 0 Å². The average molecular weight is 196 g/mol. The maximum absolute atomic E-state index is 12.5. The predicted octanol–water partition coefficient (Wildman–Crippen LogP) is 2.06. The first-order valence-electron chi connectivity index (χ1n) is 4.37. The molecule has 0 N–H and O–H groups in total. The first kappa shape index (κ1) is 10.8. The molecule has 4 heteroatoms. The van der Waals surface area contributed by atoms with E-state index in [1.165, 1.54) is 0 Å². The van der Waals surface area contributed by atoms with Gasteiger partial charge in [-0.1, -0.05) is 6.08 Å². The summed E-state index contributed by atoms with van der Waals surface area (Å²) in [7, 11) is 1.65. The number of rotatable bonds is 4. The Kier molecular flexibility index (Phi) is 4.19. The Hall–Kier alpha value is -1.29. The van der Waals surface area contributed by atoms with Gasteiger partial charge >= 0.3 is 0 Å². The second kappa shape index (κ2) is 5.44. The fraction of sp³-hybridized carbons (Fsp3) is 0.400. The summed E-state index contributed by atoms with van der Waals surface area (Å²) >= 11 is 0. The molecule has 0 unspecified atom stereocenters. The zero-order valence-corrected chi connectivity index (χ0v) is 8.33. The summed E-state index contributed by atoms with van der Waals surface area (Å²) in [6.45, 7) is 2.56.